The molecule has 0 aromatic carbocycles. The van der Waals surface area contributed by atoms with Crippen molar-refractivity contribution in [3.05, 3.63) is 23.8 Å². The van der Waals surface area contributed by atoms with E-state index in [9.17, 15) is 0 Å². The van der Waals surface area contributed by atoms with E-state index in [1.54, 1.807) is 5.54 Å². The van der Waals surface area contributed by atoms with Crippen molar-refractivity contribution in [2.45, 2.75) is 64.6 Å². The van der Waals surface area contributed by atoms with Crippen LogP contribution in [0.5, 0.6) is 0 Å². The molecule has 3 heteroatoms. The van der Waals surface area contributed by atoms with Crippen molar-refractivity contribution >= 4 is 11.6 Å². The van der Waals surface area contributed by atoms with Crippen molar-refractivity contribution in [3.8, 4) is 0 Å². The minimum absolute atomic E-state index is 0.0528. The highest BCUT2D eigenvalue weighted by Crippen LogP contribution is 2.43. The van der Waals surface area contributed by atoms with E-state index < -0.39 is 0 Å². The van der Waals surface area contributed by atoms with Crippen LogP contribution in [0.25, 0.3) is 0 Å². The molecule has 1 heterocycles. The summed E-state index contributed by atoms with van der Waals surface area (Å²) in [5.74, 6) is 3.66. The maximum atomic E-state index is 6.01. The van der Waals surface area contributed by atoms with Gasteiger partial charge >= 0.3 is 0 Å². The quantitative estimate of drug-likeness (QED) is 0.585. The lowest BCUT2D eigenvalue weighted by molar-refractivity contribution is -0.223. The lowest BCUT2D eigenvalue weighted by atomic mass is 9.69. The highest BCUT2D eigenvalue weighted by atomic mass is 35.5. The molecule has 1 aliphatic heterocycles. The van der Waals surface area contributed by atoms with Crippen LogP contribution < -0.4 is 0 Å². The lowest BCUT2D eigenvalue weighted by Crippen LogP contribution is -2.38. The Labute approximate surface area is 152 Å². The second-order valence-electron chi connectivity index (χ2n) is 7.99. The van der Waals surface area contributed by atoms with Crippen molar-refractivity contribution in [2.24, 2.45) is 29.6 Å². The van der Waals surface area contributed by atoms with Gasteiger partial charge < -0.3 is 9.47 Å². The van der Waals surface area contributed by atoms with Crippen LogP contribution in [-0.2, 0) is 9.47 Å². The molecule has 0 radical (unpaired) electrons. The molecule has 1 saturated heterocycles. The highest BCUT2D eigenvalue weighted by Gasteiger charge is 2.35. The molecule has 0 unspecified atom stereocenters. The van der Waals surface area contributed by atoms with Crippen LogP contribution in [-0.4, -0.2) is 19.5 Å². The third-order valence-corrected chi connectivity index (χ3v) is 6.59. The Morgan fingerprint density at radius 1 is 0.708 bits per heavy atom. The molecule has 0 N–H and O–H groups in total. The number of allylic oxidation sites excluding steroid dienone is 2. The van der Waals surface area contributed by atoms with E-state index >= 15 is 0 Å². The van der Waals surface area contributed by atoms with Crippen molar-refractivity contribution in [1.29, 1.82) is 0 Å². The summed E-state index contributed by atoms with van der Waals surface area (Å²) in [5.41, 5.74) is 1.71. The topological polar surface area (TPSA) is 18.5 Å². The summed E-state index contributed by atoms with van der Waals surface area (Å²) in [6, 6.07) is 0. The maximum absolute atomic E-state index is 6.01. The molecule has 2 nitrogen and oxygen atoms in total. The molecule has 0 atom stereocenters. The molecule has 3 fully saturated rings. The molecule has 0 bridgehead atoms. The molecule has 24 heavy (non-hydrogen) atoms. The zero-order chi connectivity index (χ0) is 16.8. The van der Waals surface area contributed by atoms with Crippen molar-refractivity contribution in [3.63, 3.8) is 0 Å². The average Bonchev–Trinajstić information content (AvgIpc) is 2.64. The van der Waals surface area contributed by atoms with Gasteiger partial charge in [0.25, 0.3) is 0 Å². The normalized spacial score (nSPS) is 41.9. The van der Waals surface area contributed by atoms with Crippen LogP contribution in [0.3, 0.4) is 0 Å². The second kappa shape index (κ2) is 9.40. The van der Waals surface area contributed by atoms with Crippen molar-refractivity contribution < 1.29 is 9.47 Å². The van der Waals surface area contributed by atoms with Crippen LogP contribution in [0.2, 0.25) is 0 Å². The number of hydrogen-bond donors (Lipinski definition) is 0. The third-order valence-electron chi connectivity index (χ3n) is 6.44. The summed E-state index contributed by atoms with van der Waals surface area (Å²) in [7, 11) is 0. The van der Waals surface area contributed by atoms with Gasteiger partial charge in [0.2, 0.25) is 0 Å². The summed E-state index contributed by atoms with van der Waals surface area (Å²) >= 11 is 5.73. The molecular formula is C21H33ClO2. The standard InChI is InChI=1S/C21H33ClO2/c1-2-3-17-14-23-21(24-15-17)20-10-8-19(9-11-20)18-6-4-16(5-7-18)12-13-22/h2-3,12-13,16-21H,4-11,14-15H2,1H3/b3-2+,13-12+. The summed E-state index contributed by atoms with van der Waals surface area (Å²) < 4.78 is 12.0. The smallest absolute Gasteiger partial charge is 0.160 e. The van der Waals surface area contributed by atoms with E-state index in [-0.39, 0.29) is 6.29 Å². The van der Waals surface area contributed by atoms with Gasteiger partial charge in [-0.15, -0.1) is 0 Å². The van der Waals surface area contributed by atoms with E-state index in [0.717, 1.165) is 31.0 Å². The predicted octanol–water partition coefficient (Wildman–Crippen LogP) is 5.92. The molecule has 3 aliphatic rings. The van der Waals surface area contributed by atoms with Gasteiger partial charge in [-0.05, 0) is 76.0 Å². The van der Waals surface area contributed by atoms with E-state index in [4.69, 9.17) is 21.1 Å². The lowest BCUT2D eigenvalue weighted by Gasteiger charge is -2.40. The molecular weight excluding hydrogens is 320 g/mol. The highest BCUT2D eigenvalue weighted by molar-refractivity contribution is 6.25. The average molecular weight is 353 g/mol. The van der Waals surface area contributed by atoms with Gasteiger partial charge in [0, 0.05) is 17.4 Å². The number of hydrogen-bond acceptors (Lipinski definition) is 2. The summed E-state index contributed by atoms with van der Waals surface area (Å²) in [5, 5.41) is 0. The SMILES string of the molecule is C/C=C/C1COC(C2CCC(C3CCC(/C=C/Cl)CC3)CC2)OC1. The molecule has 136 valence electrons. The zero-order valence-corrected chi connectivity index (χ0v) is 15.8. The molecule has 3 rings (SSSR count). The Morgan fingerprint density at radius 2 is 1.25 bits per heavy atom. The number of rotatable bonds is 4. The molecule has 0 spiro atoms. The molecule has 0 aromatic rings. The van der Waals surface area contributed by atoms with Crippen LogP contribution in [0.4, 0.5) is 0 Å². The Morgan fingerprint density at radius 3 is 1.79 bits per heavy atom. The van der Waals surface area contributed by atoms with Gasteiger partial charge in [-0.2, -0.15) is 0 Å². The second-order valence-corrected chi connectivity index (χ2v) is 8.24. The van der Waals surface area contributed by atoms with Crippen LogP contribution in [0.15, 0.2) is 23.8 Å². The number of ether oxygens (including phenoxy) is 2. The van der Waals surface area contributed by atoms with E-state index in [1.807, 2.05) is 0 Å². The number of halogens is 1. The maximum Gasteiger partial charge on any atom is 0.160 e. The van der Waals surface area contributed by atoms with E-state index in [0.29, 0.717) is 11.8 Å². The van der Waals surface area contributed by atoms with E-state index in [1.165, 1.54) is 51.4 Å². The van der Waals surface area contributed by atoms with Crippen LogP contribution >= 0.6 is 11.6 Å². The summed E-state index contributed by atoms with van der Waals surface area (Å²) in [4.78, 5) is 0. The third kappa shape index (κ3) is 4.86. The predicted molar refractivity (Wildman–Crippen MR) is 99.9 cm³/mol. The fourth-order valence-corrected chi connectivity index (χ4v) is 5.19. The minimum atomic E-state index is 0.0528. The molecule has 0 aromatic heterocycles. The molecule has 2 saturated carbocycles. The summed E-state index contributed by atoms with van der Waals surface area (Å²) in [6.07, 6.45) is 17.3. The first-order chi connectivity index (χ1) is 11.8. The van der Waals surface area contributed by atoms with Gasteiger partial charge in [-0.3, -0.25) is 0 Å². The zero-order valence-electron chi connectivity index (χ0n) is 15.0. The Kier molecular flexibility index (Phi) is 7.24. The first-order valence-corrected chi connectivity index (χ1v) is 10.4. The first kappa shape index (κ1) is 18.5. The van der Waals surface area contributed by atoms with Gasteiger partial charge in [0.15, 0.2) is 6.29 Å². The van der Waals surface area contributed by atoms with Crippen molar-refractivity contribution in [1.82, 2.24) is 0 Å². The van der Waals surface area contributed by atoms with Gasteiger partial charge in [-0.1, -0.05) is 29.8 Å². The van der Waals surface area contributed by atoms with Crippen LogP contribution in [0, 0.1) is 29.6 Å². The Hall–Kier alpha value is -0.310. The Balaban J connectivity index is 1.39. The van der Waals surface area contributed by atoms with Crippen LogP contribution in [0.1, 0.15) is 58.3 Å². The van der Waals surface area contributed by atoms with Gasteiger partial charge in [0.1, 0.15) is 0 Å². The molecule has 0 amide bonds. The summed E-state index contributed by atoms with van der Waals surface area (Å²) in [6.45, 7) is 3.72. The fraction of sp³-hybridized carbons (Fsp3) is 0.810. The van der Waals surface area contributed by atoms with Gasteiger partial charge in [0.05, 0.1) is 13.2 Å². The largest absolute Gasteiger partial charge is 0.352 e. The monoisotopic (exact) mass is 352 g/mol. The van der Waals surface area contributed by atoms with Crippen molar-refractivity contribution in [2.75, 3.05) is 13.2 Å². The minimum Gasteiger partial charge on any atom is -0.352 e. The Bertz CT molecular complexity index is 370. The fourth-order valence-electron chi connectivity index (χ4n) is 4.99. The molecule has 2 aliphatic carbocycles. The van der Waals surface area contributed by atoms with E-state index in [2.05, 4.69) is 25.2 Å². The first-order valence-electron chi connectivity index (χ1n) is 9.93. The van der Waals surface area contributed by atoms with Gasteiger partial charge in [-0.25, -0.2) is 0 Å².